The highest BCUT2D eigenvalue weighted by Crippen LogP contribution is 2.26. The summed E-state index contributed by atoms with van der Waals surface area (Å²) in [6.07, 6.45) is 3.42. The van der Waals surface area contributed by atoms with Crippen molar-refractivity contribution in [2.24, 2.45) is 0 Å². The molecule has 1 atom stereocenters. The smallest absolute Gasteiger partial charge is 0.151 e. The van der Waals surface area contributed by atoms with Crippen molar-refractivity contribution in [3.05, 3.63) is 53.6 Å². The summed E-state index contributed by atoms with van der Waals surface area (Å²) < 4.78 is 15.8. The summed E-state index contributed by atoms with van der Waals surface area (Å²) in [5.74, 6) is 0.277. The topological polar surface area (TPSA) is 43.6 Å². The van der Waals surface area contributed by atoms with E-state index in [4.69, 9.17) is 11.6 Å². The van der Waals surface area contributed by atoms with Crippen LogP contribution in [-0.4, -0.2) is 19.5 Å². The summed E-state index contributed by atoms with van der Waals surface area (Å²) in [6.45, 7) is 4.16. The van der Waals surface area contributed by atoms with Crippen molar-refractivity contribution in [1.29, 1.82) is 0 Å². The summed E-state index contributed by atoms with van der Waals surface area (Å²) in [5, 5.41) is -0.324. The number of aryl methyl sites for hydroxylation is 1. The fraction of sp³-hybridized carbons (Fsp3) is 0.267. The average molecular weight is 305 g/mol. The van der Waals surface area contributed by atoms with E-state index in [0.717, 1.165) is 11.4 Å². The van der Waals surface area contributed by atoms with Gasteiger partial charge in [0.1, 0.15) is 11.3 Å². The van der Waals surface area contributed by atoms with Crippen molar-refractivity contribution in [2.75, 3.05) is 0 Å². The summed E-state index contributed by atoms with van der Waals surface area (Å²) in [6, 6.07) is 4.89. The quantitative estimate of drug-likeness (QED) is 0.694. The molecule has 6 heteroatoms. The molecule has 0 amide bonds. The van der Waals surface area contributed by atoms with Crippen LogP contribution in [0.15, 0.2) is 30.6 Å². The van der Waals surface area contributed by atoms with Crippen LogP contribution in [0.25, 0.3) is 11.0 Å². The number of hydrogen-bond acceptors (Lipinski definition) is 3. The second kappa shape index (κ2) is 5.41. The van der Waals surface area contributed by atoms with E-state index in [9.17, 15) is 4.39 Å². The van der Waals surface area contributed by atoms with E-state index in [1.165, 1.54) is 6.07 Å². The Bertz CT molecular complexity index is 780. The lowest BCUT2D eigenvalue weighted by Gasteiger charge is -2.10. The van der Waals surface area contributed by atoms with E-state index >= 15 is 0 Å². The SMILES string of the molecule is Cc1cnc(Cn2c(C(C)Cl)nc3c(F)cccc32)cn1. The lowest BCUT2D eigenvalue weighted by Crippen LogP contribution is -2.07. The van der Waals surface area contributed by atoms with Crippen molar-refractivity contribution >= 4 is 22.6 Å². The molecule has 21 heavy (non-hydrogen) atoms. The Balaban J connectivity index is 2.13. The molecule has 3 aromatic rings. The zero-order valence-electron chi connectivity index (χ0n) is 11.7. The van der Waals surface area contributed by atoms with Gasteiger partial charge in [-0.25, -0.2) is 9.37 Å². The summed E-state index contributed by atoms with van der Waals surface area (Å²) in [7, 11) is 0. The number of halogens is 2. The molecule has 2 aromatic heterocycles. The molecule has 3 rings (SSSR count). The number of rotatable bonds is 3. The van der Waals surface area contributed by atoms with Crippen molar-refractivity contribution in [3.63, 3.8) is 0 Å². The highest BCUT2D eigenvalue weighted by molar-refractivity contribution is 6.20. The summed E-state index contributed by atoms with van der Waals surface area (Å²) >= 11 is 6.18. The Morgan fingerprint density at radius 3 is 2.76 bits per heavy atom. The fourth-order valence-corrected chi connectivity index (χ4v) is 2.43. The molecule has 0 radical (unpaired) electrons. The number of benzene rings is 1. The van der Waals surface area contributed by atoms with E-state index < -0.39 is 0 Å². The minimum atomic E-state index is -0.347. The normalized spacial score (nSPS) is 12.8. The predicted octanol–water partition coefficient (Wildman–Crippen LogP) is 3.62. The van der Waals surface area contributed by atoms with Crippen LogP contribution in [0.3, 0.4) is 0 Å². The van der Waals surface area contributed by atoms with Crippen LogP contribution in [0.4, 0.5) is 4.39 Å². The molecule has 0 N–H and O–H groups in total. The van der Waals surface area contributed by atoms with Crippen molar-refractivity contribution < 1.29 is 4.39 Å². The molecule has 2 heterocycles. The highest BCUT2D eigenvalue weighted by Gasteiger charge is 2.17. The first-order valence-corrected chi connectivity index (χ1v) is 7.06. The molecule has 0 aliphatic carbocycles. The van der Waals surface area contributed by atoms with Gasteiger partial charge in [-0.05, 0) is 26.0 Å². The maximum absolute atomic E-state index is 13.9. The lowest BCUT2D eigenvalue weighted by molar-refractivity contribution is 0.637. The monoisotopic (exact) mass is 304 g/mol. The standard InChI is InChI=1S/C15H14ClFN4/c1-9-6-19-11(7-18-9)8-21-13-5-3-4-12(17)14(13)20-15(21)10(2)16/h3-7,10H,8H2,1-2H3. The van der Waals surface area contributed by atoms with E-state index in [1.807, 2.05) is 24.5 Å². The number of para-hydroxylation sites is 1. The van der Waals surface area contributed by atoms with Gasteiger partial charge in [0.25, 0.3) is 0 Å². The number of aromatic nitrogens is 4. The second-order valence-corrected chi connectivity index (χ2v) is 5.58. The van der Waals surface area contributed by atoms with Gasteiger partial charge in [0.2, 0.25) is 0 Å². The molecule has 0 aliphatic rings. The first-order valence-electron chi connectivity index (χ1n) is 6.62. The maximum atomic E-state index is 13.9. The minimum absolute atomic E-state index is 0.324. The second-order valence-electron chi connectivity index (χ2n) is 4.93. The zero-order chi connectivity index (χ0) is 15.0. The van der Waals surface area contributed by atoms with E-state index in [2.05, 4.69) is 15.0 Å². The van der Waals surface area contributed by atoms with Gasteiger partial charge in [0, 0.05) is 6.20 Å². The van der Waals surface area contributed by atoms with Gasteiger partial charge < -0.3 is 4.57 Å². The molecule has 0 saturated heterocycles. The lowest BCUT2D eigenvalue weighted by atomic mass is 10.3. The van der Waals surface area contributed by atoms with Crippen LogP contribution in [0.1, 0.15) is 29.5 Å². The van der Waals surface area contributed by atoms with Crippen LogP contribution < -0.4 is 0 Å². The Morgan fingerprint density at radius 2 is 2.10 bits per heavy atom. The molecule has 108 valence electrons. The number of alkyl halides is 1. The fourth-order valence-electron chi connectivity index (χ4n) is 2.26. The average Bonchev–Trinajstić information content (AvgIpc) is 2.82. The molecule has 1 unspecified atom stereocenters. The van der Waals surface area contributed by atoms with Gasteiger partial charge in [-0.15, -0.1) is 11.6 Å². The van der Waals surface area contributed by atoms with E-state index in [1.54, 1.807) is 18.5 Å². The molecule has 0 bridgehead atoms. The Labute approximate surface area is 126 Å². The van der Waals surface area contributed by atoms with Crippen LogP contribution in [0.5, 0.6) is 0 Å². The van der Waals surface area contributed by atoms with Gasteiger partial charge >= 0.3 is 0 Å². The summed E-state index contributed by atoms with van der Waals surface area (Å²) in [4.78, 5) is 12.9. The van der Waals surface area contributed by atoms with E-state index in [-0.39, 0.29) is 11.2 Å². The molecule has 1 aromatic carbocycles. The van der Waals surface area contributed by atoms with E-state index in [0.29, 0.717) is 23.4 Å². The Hall–Kier alpha value is -2.01. The number of fused-ring (bicyclic) bond motifs is 1. The van der Waals surface area contributed by atoms with Crippen LogP contribution >= 0.6 is 11.6 Å². The van der Waals surface area contributed by atoms with Gasteiger partial charge in [0.15, 0.2) is 5.82 Å². The van der Waals surface area contributed by atoms with Crippen molar-refractivity contribution in [3.8, 4) is 0 Å². The minimum Gasteiger partial charge on any atom is -0.320 e. The Morgan fingerprint density at radius 1 is 1.29 bits per heavy atom. The molecule has 4 nitrogen and oxygen atoms in total. The van der Waals surface area contributed by atoms with Crippen molar-refractivity contribution in [2.45, 2.75) is 25.8 Å². The molecule has 0 fully saturated rings. The molecular formula is C15H14ClFN4. The number of nitrogens with zero attached hydrogens (tertiary/aromatic N) is 4. The largest absolute Gasteiger partial charge is 0.320 e. The van der Waals surface area contributed by atoms with Gasteiger partial charge in [-0.3, -0.25) is 9.97 Å². The van der Waals surface area contributed by atoms with Crippen LogP contribution in [0, 0.1) is 12.7 Å². The van der Waals surface area contributed by atoms with Gasteiger partial charge in [0.05, 0.1) is 35.0 Å². The van der Waals surface area contributed by atoms with Gasteiger partial charge in [-0.1, -0.05) is 6.07 Å². The third-order valence-corrected chi connectivity index (χ3v) is 3.46. The highest BCUT2D eigenvalue weighted by atomic mass is 35.5. The third kappa shape index (κ3) is 2.61. The van der Waals surface area contributed by atoms with Crippen LogP contribution in [0.2, 0.25) is 0 Å². The van der Waals surface area contributed by atoms with Gasteiger partial charge in [-0.2, -0.15) is 0 Å². The first-order chi connectivity index (χ1) is 10.1. The first kappa shape index (κ1) is 13.9. The van der Waals surface area contributed by atoms with Crippen LogP contribution in [-0.2, 0) is 6.54 Å². The predicted molar refractivity (Wildman–Crippen MR) is 79.8 cm³/mol. The third-order valence-electron chi connectivity index (χ3n) is 3.27. The molecule has 0 saturated carbocycles. The Kier molecular flexibility index (Phi) is 3.59. The zero-order valence-corrected chi connectivity index (χ0v) is 12.5. The molecule has 0 aliphatic heterocycles. The number of hydrogen-bond donors (Lipinski definition) is 0. The number of imidazole rings is 1. The molecular weight excluding hydrogens is 291 g/mol. The summed E-state index contributed by atoms with van der Waals surface area (Å²) in [5.41, 5.74) is 2.67. The van der Waals surface area contributed by atoms with Crippen molar-refractivity contribution in [1.82, 2.24) is 19.5 Å². The molecule has 0 spiro atoms. The maximum Gasteiger partial charge on any atom is 0.151 e.